The molecule has 1 aliphatic rings. The van der Waals surface area contributed by atoms with E-state index in [0.717, 1.165) is 50.0 Å². The summed E-state index contributed by atoms with van der Waals surface area (Å²) in [6, 6.07) is 40.2. The van der Waals surface area contributed by atoms with Crippen molar-refractivity contribution in [2.75, 3.05) is 7.11 Å². The third-order valence-corrected chi connectivity index (χ3v) is 9.49. The number of rotatable bonds is 12. The number of carbonyl (C=O) groups is 2. The predicted molar refractivity (Wildman–Crippen MR) is 201 cm³/mol. The van der Waals surface area contributed by atoms with Crippen molar-refractivity contribution in [3.05, 3.63) is 162 Å². The van der Waals surface area contributed by atoms with Gasteiger partial charge in [-0.25, -0.2) is 14.6 Å². The SMILES string of the molecule is COC(=O)C(Cc1ccccc1)NC(=O)NCc1cccc(-c2cccc(C3OC(Cn4cnc5ccccc54)CC(c4ccc(CO)cc4)O3)c2)c1. The summed E-state index contributed by atoms with van der Waals surface area (Å²) < 4.78 is 20.4. The molecule has 2 amide bonds. The molecule has 0 saturated carbocycles. The number of benzene rings is 5. The maximum absolute atomic E-state index is 12.9. The first-order chi connectivity index (χ1) is 25.9. The fraction of sp³-hybridized carbons (Fsp3) is 0.233. The number of aromatic nitrogens is 2. The van der Waals surface area contributed by atoms with Gasteiger partial charge in [-0.05, 0) is 57.6 Å². The van der Waals surface area contributed by atoms with Crippen LogP contribution in [-0.2, 0) is 45.1 Å². The number of amides is 2. The molecule has 1 aromatic heterocycles. The quantitative estimate of drug-likeness (QED) is 0.117. The summed E-state index contributed by atoms with van der Waals surface area (Å²) in [6.07, 6.45) is 1.81. The highest BCUT2D eigenvalue weighted by Crippen LogP contribution is 2.39. The van der Waals surface area contributed by atoms with Crippen molar-refractivity contribution in [1.82, 2.24) is 20.2 Å². The average Bonchev–Trinajstić information content (AvgIpc) is 3.62. The van der Waals surface area contributed by atoms with Crippen LogP contribution in [-0.4, -0.2) is 45.9 Å². The molecule has 53 heavy (non-hydrogen) atoms. The summed E-state index contributed by atoms with van der Waals surface area (Å²) in [5, 5.41) is 15.2. The number of methoxy groups -OCH3 is 1. The number of aliphatic hydroxyl groups excluding tert-OH is 1. The molecule has 4 atom stereocenters. The highest BCUT2D eigenvalue weighted by Gasteiger charge is 2.33. The Morgan fingerprint density at radius 2 is 1.57 bits per heavy atom. The molecular weight excluding hydrogens is 668 g/mol. The van der Waals surface area contributed by atoms with E-state index in [1.165, 1.54) is 7.11 Å². The number of ether oxygens (including phenoxy) is 3. The van der Waals surface area contributed by atoms with Gasteiger partial charge in [-0.1, -0.05) is 103 Å². The van der Waals surface area contributed by atoms with E-state index in [4.69, 9.17) is 14.2 Å². The minimum atomic E-state index is -0.820. The van der Waals surface area contributed by atoms with E-state index in [1.54, 1.807) is 0 Å². The Morgan fingerprint density at radius 1 is 0.830 bits per heavy atom. The van der Waals surface area contributed by atoms with Crippen LogP contribution in [0, 0.1) is 0 Å². The predicted octanol–water partition coefficient (Wildman–Crippen LogP) is 7.02. The molecular formula is C43H42N4O6. The summed E-state index contributed by atoms with van der Waals surface area (Å²) in [6.45, 7) is 0.852. The van der Waals surface area contributed by atoms with Gasteiger partial charge in [-0.2, -0.15) is 0 Å². The van der Waals surface area contributed by atoms with E-state index in [1.807, 2.05) is 122 Å². The molecule has 2 heterocycles. The Hall–Kier alpha value is -5.81. The van der Waals surface area contributed by atoms with E-state index in [0.29, 0.717) is 19.4 Å². The average molecular weight is 711 g/mol. The van der Waals surface area contributed by atoms with E-state index in [-0.39, 0.29) is 25.4 Å². The number of aliphatic hydroxyl groups is 1. The molecule has 4 unspecified atom stereocenters. The second-order valence-electron chi connectivity index (χ2n) is 13.2. The van der Waals surface area contributed by atoms with Gasteiger partial charge in [-0.3, -0.25) is 0 Å². The number of urea groups is 1. The number of nitrogens with one attached hydrogen (secondary N) is 2. The second-order valence-corrected chi connectivity index (χ2v) is 13.2. The summed E-state index contributed by atoms with van der Waals surface area (Å²) in [5.41, 5.74) is 8.49. The van der Waals surface area contributed by atoms with Crippen molar-refractivity contribution in [3.63, 3.8) is 0 Å². The first-order valence-corrected chi connectivity index (χ1v) is 17.7. The van der Waals surface area contributed by atoms with Crippen LogP contribution < -0.4 is 10.6 Å². The molecule has 10 heteroatoms. The number of imidazole rings is 1. The van der Waals surface area contributed by atoms with Crippen LogP contribution in [0.3, 0.4) is 0 Å². The molecule has 5 aromatic carbocycles. The lowest BCUT2D eigenvalue weighted by Crippen LogP contribution is -2.47. The maximum atomic E-state index is 12.9. The van der Waals surface area contributed by atoms with Gasteiger partial charge in [0.2, 0.25) is 0 Å². The smallest absolute Gasteiger partial charge is 0.328 e. The van der Waals surface area contributed by atoms with Gasteiger partial charge in [0.25, 0.3) is 0 Å². The lowest BCUT2D eigenvalue weighted by molar-refractivity contribution is -0.252. The highest BCUT2D eigenvalue weighted by molar-refractivity contribution is 5.83. The number of hydrogen-bond donors (Lipinski definition) is 3. The summed E-state index contributed by atoms with van der Waals surface area (Å²) in [4.78, 5) is 29.9. The van der Waals surface area contributed by atoms with Crippen LogP contribution >= 0.6 is 0 Å². The van der Waals surface area contributed by atoms with Gasteiger partial charge in [0, 0.05) is 24.9 Å². The van der Waals surface area contributed by atoms with E-state index < -0.39 is 24.3 Å². The standard InChI is InChI=1S/C43H42N4O6/c1-51-41(49)38(22-29-9-3-2-4-10-29)46-43(50)44-25-31-11-7-12-33(21-31)34-13-8-14-35(23-34)42-52-36(26-47-28-45-37-15-5-6-16-39(37)47)24-40(53-42)32-19-17-30(27-48)18-20-32/h2-21,23,28,36,38,40,42,48H,22,24-27H2,1H3,(H2,44,46,50). The van der Waals surface area contributed by atoms with Crippen LogP contribution in [0.4, 0.5) is 4.79 Å². The first kappa shape index (κ1) is 35.6. The maximum Gasteiger partial charge on any atom is 0.328 e. The third kappa shape index (κ3) is 8.81. The Kier molecular flexibility index (Phi) is 11.2. The van der Waals surface area contributed by atoms with Gasteiger partial charge < -0.3 is 34.5 Å². The van der Waals surface area contributed by atoms with Crippen molar-refractivity contribution in [1.29, 1.82) is 0 Å². The van der Waals surface area contributed by atoms with Gasteiger partial charge in [-0.15, -0.1) is 0 Å². The Bertz CT molecular complexity index is 2150. The summed E-state index contributed by atoms with van der Waals surface area (Å²) in [7, 11) is 1.31. The fourth-order valence-corrected chi connectivity index (χ4v) is 6.71. The lowest BCUT2D eigenvalue weighted by Gasteiger charge is -2.36. The minimum Gasteiger partial charge on any atom is -0.467 e. The highest BCUT2D eigenvalue weighted by atomic mass is 16.7. The molecule has 3 N–H and O–H groups in total. The van der Waals surface area contributed by atoms with E-state index in [2.05, 4.69) is 32.3 Å². The molecule has 0 bridgehead atoms. The summed E-state index contributed by atoms with van der Waals surface area (Å²) in [5.74, 6) is -0.510. The van der Waals surface area contributed by atoms with Crippen LogP contribution in [0.1, 0.15) is 46.6 Å². The monoisotopic (exact) mass is 710 g/mol. The molecule has 1 aliphatic heterocycles. The number of fused-ring (bicyclic) bond motifs is 1. The molecule has 0 radical (unpaired) electrons. The summed E-state index contributed by atoms with van der Waals surface area (Å²) >= 11 is 0. The van der Waals surface area contributed by atoms with Crippen molar-refractivity contribution < 1.29 is 28.9 Å². The van der Waals surface area contributed by atoms with Crippen LogP contribution in [0.15, 0.2) is 134 Å². The van der Waals surface area contributed by atoms with Crippen molar-refractivity contribution in [2.24, 2.45) is 0 Å². The topological polar surface area (TPSA) is 124 Å². The largest absolute Gasteiger partial charge is 0.467 e. The number of esters is 1. The molecule has 6 aromatic rings. The zero-order valence-electron chi connectivity index (χ0n) is 29.4. The fourth-order valence-electron chi connectivity index (χ4n) is 6.71. The Morgan fingerprint density at radius 3 is 2.36 bits per heavy atom. The zero-order valence-corrected chi connectivity index (χ0v) is 29.4. The molecule has 0 aliphatic carbocycles. The van der Waals surface area contributed by atoms with Gasteiger partial charge in [0.05, 0.1) is 49.8 Å². The molecule has 270 valence electrons. The molecule has 1 fully saturated rings. The Labute approximate surface area is 308 Å². The van der Waals surface area contributed by atoms with Crippen molar-refractivity contribution in [2.45, 2.75) is 57.1 Å². The van der Waals surface area contributed by atoms with Crippen LogP contribution in [0.5, 0.6) is 0 Å². The van der Waals surface area contributed by atoms with Gasteiger partial charge in [0.15, 0.2) is 6.29 Å². The number of carbonyl (C=O) groups excluding carboxylic acids is 2. The lowest BCUT2D eigenvalue weighted by atomic mass is 9.98. The molecule has 0 spiro atoms. The molecule has 1 saturated heterocycles. The zero-order chi connectivity index (χ0) is 36.6. The minimum absolute atomic E-state index is 0.0181. The van der Waals surface area contributed by atoms with Gasteiger partial charge >= 0.3 is 12.0 Å². The van der Waals surface area contributed by atoms with Crippen molar-refractivity contribution in [3.8, 4) is 11.1 Å². The third-order valence-electron chi connectivity index (χ3n) is 9.49. The van der Waals surface area contributed by atoms with Gasteiger partial charge in [0.1, 0.15) is 6.04 Å². The normalized spacial score (nSPS) is 17.6. The second kappa shape index (κ2) is 16.7. The van der Waals surface area contributed by atoms with E-state index >= 15 is 0 Å². The number of hydrogen-bond acceptors (Lipinski definition) is 7. The molecule has 10 nitrogen and oxygen atoms in total. The van der Waals surface area contributed by atoms with E-state index in [9.17, 15) is 14.7 Å². The number of para-hydroxylation sites is 2. The first-order valence-electron chi connectivity index (χ1n) is 17.7. The van der Waals surface area contributed by atoms with Crippen molar-refractivity contribution >= 4 is 23.0 Å². The van der Waals surface area contributed by atoms with Crippen LogP contribution in [0.2, 0.25) is 0 Å². The molecule has 7 rings (SSSR count). The number of nitrogens with zero attached hydrogens (tertiary/aromatic N) is 2. The van der Waals surface area contributed by atoms with Crippen LogP contribution in [0.25, 0.3) is 22.2 Å². The Balaban J connectivity index is 1.06.